The predicted octanol–water partition coefficient (Wildman–Crippen LogP) is 6.81. The van der Waals surface area contributed by atoms with Crippen LogP contribution in [0.25, 0.3) is 6.08 Å². The molecule has 158 valence electrons. The van der Waals surface area contributed by atoms with Crippen molar-refractivity contribution in [1.29, 1.82) is 0 Å². The zero-order valence-corrected chi connectivity index (χ0v) is 19.1. The number of nitrogens with zero attached hydrogens (tertiary/aromatic N) is 1. The average Bonchev–Trinajstić information content (AvgIpc) is 2.98. The highest BCUT2D eigenvalue weighted by Gasteiger charge is 2.36. The summed E-state index contributed by atoms with van der Waals surface area (Å²) in [6.07, 6.45) is 2.42. The van der Waals surface area contributed by atoms with Crippen LogP contribution in [0, 0.1) is 0 Å². The summed E-state index contributed by atoms with van der Waals surface area (Å²) in [4.78, 5) is 26.7. The van der Waals surface area contributed by atoms with Crippen LogP contribution < -0.4 is 14.4 Å². The molecular weight excluding hydrogens is 445 g/mol. The number of anilines is 1. The molecule has 0 radical (unpaired) electrons. The Morgan fingerprint density at radius 2 is 1.83 bits per heavy atom. The van der Waals surface area contributed by atoms with Crippen molar-refractivity contribution in [3.8, 4) is 11.5 Å². The number of carbonyl (C=O) groups is 2. The third-order valence-electron chi connectivity index (χ3n) is 4.40. The van der Waals surface area contributed by atoms with Gasteiger partial charge in [-0.1, -0.05) is 30.1 Å². The lowest BCUT2D eigenvalue weighted by molar-refractivity contribution is -0.113. The molecule has 0 unspecified atom stereocenters. The molecule has 0 aliphatic carbocycles. The first-order valence-corrected chi connectivity index (χ1v) is 11.1. The van der Waals surface area contributed by atoms with E-state index < -0.39 is 5.91 Å². The topological polar surface area (TPSA) is 55.8 Å². The summed E-state index contributed by atoms with van der Waals surface area (Å²) in [6.45, 7) is 6.27. The van der Waals surface area contributed by atoms with E-state index in [2.05, 4.69) is 0 Å². The molecule has 0 spiro atoms. The van der Waals surface area contributed by atoms with Crippen LogP contribution in [0.1, 0.15) is 32.8 Å². The van der Waals surface area contributed by atoms with Gasteiger partial charge >= 0.3 is 0 Å². The minimum Gasteiger partial charge on any atom is -0.490 e. The number of carbonyl (C=O) groups excluding carboxylic acids is 2. The first-order valence-electron chi connectivity index (χ1n) is 9.50. The molecule has 2 amide bonds. The molecule has 1 fully saturated rings. The first kappa shape index (κ1) is 22.5. The molecule has 1 saturated heterocycles. The van der Waals surface area contributed by atoms with E-state index in [1.807, 2.05) is 20.8 Å². The molecule has 1 aliphatic heterocycles. The molecule has 1 aliphatic rings. The van der Waals surface area contributed by atoms with Gasteiger partial charge in [0.15, 0.2) is 11.5 Å². The van der Waals surface area contributed by atoms with E-state index in [1.54, 1.807) is 42.5 Å². The number of halogens is 2. The summed E-state index contributed by atoms with van der Waals surface area (Å²) in [7, 11) is 0. The maximum absolute atomic E-state index is 12.8. The highest BCUT2D eigenvalue weighted by atomic mass is 35.5. The first-order chi connectivity index (χ1) is 14.3. The molecule has 0 saturated carbocycles. The second kappa shape index (κ2) is 9.77. The van der Waals surface area contributed by atoms with Crippen molar-refractivity contribution < 1.29 is 19.1 Å². The van der Waals surface area contributed by atoms with Crippen molar-refractivity contribution in [3.63, 3.8) is 0 Å². The Bertz CT molecular complexity index is 991. The van der Waals surface area contributed by atoms with Crippen LogP contribution in [-0.4, -0.2) is 23.9 Å². The Morgan fingerprint density at radius 1 is 1.13 bits per heavy atom. The number of rotatable bonds is 7. The van der Waals surface area contributed by atoms with Gasteiger partial charge in [0.1, 0.15) is 0 Å². The zero-order chi connectivity index (χ0) is 21.8. The number of hydrogen-bond acceptors (Lipinski definition) is 5. The summed E-state index contributed by atoms with van der Waals surface area (Å²) in [6, 6.07) is 9.98. The summed E-state index contributed by atoms with van der Waals surface area (Å²) >= 11 is 13.2. The SMILES string of the molecule is CCOc1cc(/C=C2/SC(=O)N(c3ccc(Cl)cc3)C2=O)cc(Cl)c1O[C@@H](C)CC. The highest BCUT2D eigenvalue weighted by molar-refractivity contribution is 8.19. The van der Waals surface area contributed by atoms with Gasteiger partial charge in [-0.05, 0) is 80.1 Å². The number of imide groups is 1. The van der Waals surface area contributed by atoms with Crippen LogP contribution in [0.3, 0.4) is 0 Å². The minimum atomic E-state index is -0.402. The number of amides is 2. The fourth-order valence-electron chi connectivity index (χ4n) is 2.76. The number of benzene rings is 2. The van der Waals surface area contributed by atoms with Crippen LogP contribution in [0.15, 0.2) is 41.3 Å². The van der Waals surface area contributed by atoms with Gasteiger partial charge < -0.3 is 9.47 Å². The summed E-state index contributed by atoms with van der Waals surface area (Å²) in [5, 5.41) is 0.532. The third-order valence-corrected chi connectivity index (χ3v) is 5.80. The normalized spacial score (nSPS) is 16.3. The van der Waals surface area contributed by atoms with E-state index in [0.29, 0.717) is 44.3 Å². The molecule has 8 heteroatoms. The Hall–Kier alpha value is -2.15. The second-order valence-electron chi connectivity index (χ2n) is 6.59. The van der Waals surface area contributed by atoms with Crippen LogP contribution in [-0.2, 0) is 4.79 Å². The second-order valence-corrected chi connectivity index (χ2v) is 8.43. The number of ether oxygens (including phenoxy) is 2. The Labute approximate surface area is 189 Å². The molecule has 0 aromatic heterocycles. The van der Waals surface area contributed by atoms with Crippen LogP contribution in [0.5, 0.6) is 11.5 Å². The van der Waals surface area contributed by atoms with Crippen molar-refractivity contribution in [2.24, 2.45) is 0 Å². The standard InChI is InChI=1S/C22H21Cl2NO4S/c1-4-13(3)29-20-17(24)10-14(11-18(20)28-5-2)12-19-21(26)25(22(27)30-19)16-8-6-15(23)7-9-16/h6-13H,4-5H2,1-3H3/b19-12+/t13-/m0/s1. The quantitative estimate of drug-likeness (QED) is 0.420. The van der Waals surface area contributed by atoms with Crippen molar-refractivity contribution in [1.82, 2.24) is 0 Å². The molecular formula is C22H21Cl2NO4S. The summed E-state index contributed by atoms with van der Waals surface area (Å²) < 4.78 is 11.6. The van der Waals surface area contributed by atoms with Crippen LogP contribution in [0.4, 0.5) is 10.5 Å². The summed E-state index contributed by atoms with van der Waals surface area (Å²) in [5.41, 5.74) is 1.11. The molecule has 1 atom stereocenters. The smallest absolute Gasteiger partial charge is 0.298 e. The highest BCUT2D eigenvalue weighted by Crippen LogP contribution is 2.40. The van der Waals surface area contributed by atoms with E-state index in [4.69, 9.17) is 32.7 Å². The molecule has 3 rings (SSSR count). The Kier molecular flexibility index (Phi) is 7.34. The van der Waals surface area contributed by atoms with Crippen molar-refractivity contribution in [3.05, 3.63) is 56.9 Å². The lowest BCUT2D eigenvalue weighted by Gasteiger charge is -2.18. The summed E-state index contributed by atoms with van der Waals surface area (Å²) in [5.74, 6) is 0.564. The van der Waals surface area contributed by atoms with Crippen molar-refractivity contribution >= 4 is 57.9 Å². The molecule has 2 aromatic carbocycles. The zero-order valence-electron chi connectivity index (χ0n) is 16.8. The largest absolute Gasteiger partial charge is 0.490 e. The molecule has 0 bridgehead atoms. The molecule has 0 N–H and O–H groups in total. The van der Waals surface area contributed by atoms with Gasteiger partial charge in [-0.25, -0.2) is 4.90 Å². The lowest BCUT2D eigenvalue weighted by Crippen LogP contribution is -2.27. The minimum absolute atomic E-state index is 0.0246. The molecule has 30 heavy (non-hydrogen) atoms. The van der Waals surface area contributed by atoms with E-state index in [9.17, 15) is 9.59 Å². The van der Waals surface area contributed by atoms with Gasteiger partial charge in [0.2, 0.25) is 0 Å². The third kappa shape index (κ3) is 4.94. The van der Waals surface area contributed by atoms with E-state index in [-0.39, 0.29) is 11.3 Å². The molecule has 1 heterocycles. The van der Waals surface area contributed by atoms with E-state index >= 15 is 0 Å². The number of thioether (sulfide) groups is 1. The van der Waals surface area contributed by atoms with Gasteiger partial charge in [-0.15, -0.1) is 0 Å². The van der Waals surface area contributed by atoms with Crippen LogP contribution in [0.2, 0.25) is 10.0 Å². The Morgan fingerprint density at radius 3 is 2.47 bits per heavy atom. The fourth-order valence-corrected chi connectivity index (χ4v) is 4.00. The lowest BCUT2D eigenvalue weighted by atomic mass is 10.1. The maximum atomic E-state index is 12.8. The monoisotopic (exact) mass is 465 g/mol. The fraction of sp³-hybridized carbons (Fsp3) is 0.273. The van der Waals surface area contributed by atoms with E-state index in [0.717, 1.165) is 23.1 Å². The van der Waals surface area contributed by atoms with Crippen LogP contribution >= 0.6 is 35.0 Å². The van der Waals surface area contributed by atoms with Gasteiger partial charge in [0, 0.05) is 5.02 Å². The molecule has 5 nitrogen and oxygen atoms in total. The average molecular weight is 466 g/mol. The van der Waals surface area contributed by atoms with Crippen molar-refractivity contribution in [2.45, 2.75) is 33.3 Å². The van der Waals surface area contributed by atoms with E-state index in [1.165, 1.54) is 0 Å². The van der Waals surface area contributed by atoms with Gasteiger partial charge in [-0.3, -0.25) is 9.59 Å². The van der Waals surface area contributed by atoms with Gasteiger partial charge in [0.05, 0.1) is 28.3 Å². The number of hydrogen-bond donors (Lipinski definition) is 0. The Balaban J connectivity index is 1.93. The predicted molar refractivity (Wildman–Crippen MR) is 123 cm³/mol. The maximum Gasteiger partial charge on any atom is 0.298 e. The van der Waals surface area contributed by atoms with Gasteiger partial charge in [-0.2, -0.15) is 0 Å². The van der Waals surface area contributed by atoms with Crippen molar-refractivity contribution in [2.75, 3.05) is 11.5 Å². The molecule has 2 aromatic rings. The van der Waals surface area contributed by atoms with Gasteiger partial charge in [0.25, 0.3) is 11.1 Å².